The summed E-state index contributed by atoms with van der Waals surface area (Å²) >= 11 is 0. The molecular formula is C20H20N6O. The zero-order chi connectivity index (χ0) is 18.2. The molecule has 2 N–H and O–H groups in total. The Morgan fingerprint density at radius 2 is 1.85 bits per heavy atom. The third-order valence-electron chi connectivity index (χ3n) is 4.95. The highest BCUT2D eigenvalue weighted by Crippen LogP contribution is 2.27. The van der Waals surface area contributed by atoms with Crippen LogP contribution < -0.4 is 10.6 Å². The second-order valence-corrected chi connectivity index (χ2v) is 6.78. The van der Waals surface area contributed by atoms with E-state index in [2.05, 4.69) is 44.2 Å². The summed E-state index contributed by atoms with van der Waals surface area (Å²) in [4.78, 5) is 11.5. The van der Waals surface area contributed by atoms with E-state index in [1.165, 1.54) is 29.5 Å². The maximum Gasteiger partial charge on any atom is 0.223 e. The van der Waals surface area contributed by atoms with Crippen LogP contribution in [0.15, 0.2) is 53.1 Å². The van der Waals surface area contributed by atoms with Crippen molar-refractivity contribution in [2.45, 2.75) is 19.3 Å². The minimum atomic E-state index is 0.302. The van der Waals surface area contributed by atoms with Crippen LogP contribution in [0.4, 0.5) is 11.6 Å². The first-order valence-corrected chi connectivity index (χ1v) is 9.20. The molecule has 7 nitrogen and oxygen atoms in total. The Balaban J connectivity index is 1.55. The van der Waals surface area contributed by atoms with Gasteiger partial charge in [0.2, 0.25) is 11.8 Å². The average molecular weight is 360 g/mol. The molecule has 0 saturated carbocycles. The van der Waals surface area contributed by atoms with Crippen molar-refractivity contribution in [1.82, 2.24) is 19.6 Å². The predicted octanol–water partition coefficient (Wildman–Crippen LogP) is 3.62. The number of piperidine rings is 1. The Morgan fingerprint density at radius 3 is 2.67 bits per heavy atom. The van der Waals surface area contributed by atoms with Crippen LogP contribution in [0.25, 0.3) is 28.5 Å². The number of hydrogen-bond acceptors (Lipinski definition) is 6. The van der Waals surface area contributed by atoms with E-state index >= 15 is 0 Å². The van der Waals surface area contributed by atoms with Gasteiger partial charge in [-0.15, -0.1) is 5.10 Å². The van der Waals surface area contributed by atoms with Crippen molar-refractivity contribution in [1.29, 1.82) is 0 Å². The van der Waals surface area contributed by atoms with Crippen molar-refractivity contribution in [2.24, 2.45) is 0 Å². The van der Waals surface area contributed by atoms with E-state index in [9.17, 15) is 0 Å². The minimum Gasteiger partial charge on any atom is -0.461 e. The van der Waals surface area contributed by atoms with Gasteiger partial charge < -0.3 is 15.1 Å². The van der Waals surface area contributed by atoms with Gasteiger partial charge >= 0.3 is 0 Å². The highest BCUT2D eigenvalue weighted by Gasteiger charge is 2.15. The van der Waals surface area contributed by atoms with Crippen molar-refractivity contribution >= 4 is 17.3 Å². The van der Waals surface area contributed by atoms with Gasteiger partial charge in [0, 0.05) is 30.4 Å². The molecule has 27 heavy (non-hydrogen) atoms. The molecule has 1 aromatic carbocycles. The lowest BCUT2D eigenvalue weighted by Gasteiger charge is -2.29. The summed E-state index contributed by atoms with van der Waals surface area (Å²) in [5.41, 5.74) is 9.84. The van der Waals surface area contributed by atoms with Gasteiger partial charge in [-0.25, -0.2) is 9.97 Å². The zero-order valence-electron chi connectivity index (χ0n) is 14.9. The summed E-state index contributed by atoms with van der Waals surface area (Å²) in [6.45, 7) is 2.21. The molecule has 4 heterocycles. The molecule has 5 rings (SSSR count). The van der Waals surface area contributed by atoms with Crippen LogP contribution >= 0.6 is 0 Å². The number of aromatic nitrogens is 4. The number of furan rings is 1. The van der Waals surface area contributed by atoms with Crippen molar-refractivity contribution in [3.05, 3.63) is 48.7 Å². The summed E-state index contributed by atoms with van der Waals surface area (Å²) in [5.74, 6) is 1.40. The Kier molecular flexibility index (Phi) is 3.78. The molecule has 0 bridgehead atoms. The fourth-order valence-corrected chi connectivity index (χ4v) is 3.58. The van der Waals surface area contributed by atoms with Crippen LogP contribution in [0, 0.1) is 0 Å². The van der Waals surface area contributed by atoms with Gasteiger partial charge in [-0.05, 0) is 43.5 Å². The molecule has 1 saturated heterocycles. The third kappa shape index (κ3) is 2.91. The zero-order valence-corrected chi connectivity index (χ0v) is 14.9. The molecule has 136 valence electrons. The number of fused-ring (bicyclic) bond motifs is 1. The van der Waals surface area contributed by atoms with Crippen molar-refractivity contribution in [2.75, 3.05) is 23.7 Å². The summed E-state index contributed by atoms with van der Waals surface area (Å²) in [7, 11) is 0. The molecule has 0 aliphatic carbocycles. The molecule has 4 aromatic rings. The smallest absolute Gasteiger partial charge is 0.223 e. The lowest BCUT2D eigenvalue weighted by molar-refractivity contribution is 0.577. The van der Waals surface area contributed by atoms with E-state index < -0.39 is 0 Å². The fourth-order valence-electron chi connectivity index (χ4n) is 3.58. The van der Waals surface area contributed by atoms with Crippen LogP contribution in [0.1, 0.15) is 19.3 Å². The van der Waals surface area contributed by atoms with E-state index in [4.69, 9.17) is 10.2 Å². The van der Waals surface area contributed by atoms with Gasteiger partial charge in [0.05, 0.1) is 12.0 Å². The maximum absolute atomic E-state index is 6.15. The Hall–Kier alpha value is -3.35. The Morgan fingerprint density at radius 1 is 0.963 bits per heavy atom. The van der Waals surface area contributed by atoms with Crippen LogP contribution in [0.3, 0.4) is 0 Å². The number of nitrogen functional groups attached to an aromatic ring is 1. The largest absolute Gasteiger partial charge is 0.461 e. The predicted molar refractivity (Wildman–Crippen MR) is 104 cm³/mol. The van der Waals surface area contributed by atoms with E-state index in [1.54, 1.807) is 12.3 Å². The number of anilines is 2. The van der Waals surface area contributed by atoms with Gasteiger partial charge in [-0.3, -0.25) is 0 Å². The fraction of sp³-hybridized carbons (Fsp3) is 0.250. The Labute approximate surface area is 156 Å². The normalized spacial score (nSPS) is 14.7. The molecule has 0 amide bonds. The molecule has 0 unspecified atom stereocenters. The van der Waals surface area contributed by atoms with Crippen LogP contribution in [0.5, 0.6) is 0 Å². The topological polar surface area (TPSA) is 85.5 Å². The van der Waals surface area contributed by atoms with Crippen molar-refractivity contribution < 1.29 is 4.42 Å². The van der Waals surface area contributed by atoms with Crippen molar-refractivity contribution in [3.63, 3.8) is 0 Å². The van der Waals surface area contributed by atoms with Gasteiger partial charge in [0.25, 0.3) is 0 Å². The van der Waals surface area contributed by atoms with E-state index in [-0.39, 0.29) is 0 Å². The standard InChI is InChI=1S/C20H20N6O/c21-20-22-16(13-18-23-19(24-26(18)20)17-8-5-11-27-17)14-6-4-7-15(12-14)25-9-2-1-3-10-25/h4-8,11-13H,1-3,9-10H2,(H2,21,22). The van der Waals surface area contributed by atoms with Crippen LogP contribution in [-0.4, -0.2) is 32.7 Å². The summed E-state index contributed by atoms with van der Waals surface area (Å²) < 4.78 is 6.92. The number of nitrogens with two attached hydrogens (primary N) is 1. The first kappa shape index (κ1) is 15.9. The number of benzene rings is 1. The third-order valence-corrected chi connectivity index (χ3v) is 4.95. The second kappa shape index (κ2) is 6.42. The quantitative estimate of drug-likeness (QED) is 0.600. The molecule has 0 atom stereocenters. The molecule has 1 fully saturated rings. The molecule has 0 radical (unpaired) electrons. The van der Waals surface area contributed by atoms with Gasteiger partial charge in [-0.1, -0.05) is 12.1 Å². The number of nitrogens with zero attached hydrogens (tertiary/aromatic N) is 5. The highest BCUT2D eigenvalue weighted by atomic mass is 16.3. The monoisotopic (exact) mass is 360 g/mol. The highest BCUT2D eigenvalue weighted by molar-refractivity contribution is 5.70. The van der Waals surface area contributed by atoms with E-state index in [0.29, 0.717) is 23.2 Å². The van der Waals surface area contributed by atoms with E-state index in [1.807, 2.05) is 12.1 Å². The summed E-state index contributed by atoms with van der Waals surface area (Å²) in [6, 6.07) is 14.0. The summed E-state index contributed by atoms with van der Waals surface area (Å²) in [5, 5.41) is 4.40. The Bertz CT molecular complexity index is 1080. The maximum atomic E-state index is 6.15. The molecular weight excluding hydrogens is 340 g/mol. The molecule has 7 heteroatoms. The molecule has 0 spiro atoms. The SMILES string of the molecule is Nc1nc(-c2cccc(N3CCCCC3)c2)cc2nc(-c3ccco3)nn12. The van der Waals surface area contributed by atoms with Crippen LogP contribution in [-0.2, 0) is 0 Å². The van der Waals surface area contributed by atoms with Gasteiger partial charge in [0.15, 0.2) is 11.4 Å². The molecule has 1 aliphatic heterocycles. The molecule has 1 aliphatic rings. The van der Waals surface area contributed by atoms with Gasteiger partial charge in [-0.2, -0.15) is 4.52 Å². The van der Waals surface area contributed by atoms with Crippen LogP contribution in [0.2, 0.25) is 0 Å². The first-order chi connectivity index (χ1) is 13.3. The molecule has 3 aromatic heterocycles. The van der Waals surface area contributed by atoms with E-state index in [0.717, 1.165) is 24.3 Å². The minimum absolute atomic E-state index is 0.302. The van der Waals surface area contributed by atoms with Crippen molar-refractivity contribution in [3.8, 4) is 22.8 Å². The number of hydrogen-bond donors (Lipinski definition) is 1. The van der Waals surface area contributed by atoms with Gasteiger partial charge in [0.1, 0.15) is 0 Å². The summed E-state index contributed by atoms with van der Waals surface area (Å²) in [6.07, 6.45) is 5.41. The lowest BCUT2D eigenvalue weighted by atomic mass is 10.1. The lowest BCUT2D eigenvalue weighted by Crippen LogP contribution is -2.29. The number of rotatable bonds is 3. The second-order valence-electron chi connectivity index (χ2n) is 6.78. The average Bonchev–Trinajstić information content (AvgIpc) is 3.38. The first-order valence-electron chi connectivity index (χ1n) is 9.20.